The Morgan fingerprint density at radius 3 is 2.27 bits per heavy atom. The number of anilines is 1. The van der Waals surface area contributed by atoms with Crippen LogP contribution in [0.4, 0.5) is 5.69 Å². The summed E-state index contributed by atoms with van der Waals surface area (Å²) < 4.78 is 18.3. The van der Waals surface area contributed by atoms with Crippen molar-refractivity contribution in [3.63, 3.8) is 0 Å². The number of aryl methyl sites for hydroxylation is 2. The molecule has 4 rings (SSSR count). The fourth-order valence-corrected chi connectivity index (χ4v) is 4.76. The first-order valence-electron chi connectivity index (χ1n) is 12.1. The number of amides is 1. The van der Waals surface area contributed by atoms with Crippen LogP contribution in [-0.2, 0) is 14.3 Å². The lowest BCUT2D eigenvalue weighted by molar-refractivity contribution is -0.138. The van der Waals surface area contributed by atoms with Gasteiger partial charge in [0.15, 0.2) is 0 Å². The minimum absolute atomic E-state index is 0.210. The number of carbonyl (C=O) groups is 2. The van der Waals surface area contributed by atoms with Crippen molar-refractivity contribution in [1.82, 2.24) is 4.57 Å². The van der Waals surface area contributed by atoms with Crippen LogP contribution in [0.1, 0.15) is 36.4 Å². The normalized spacial score (nSPS) is 14.5. The van der Waals surface area contributed by atoms with Crippen molar-refractivity contribution < 1.29 is 23.8 Å². The zero-order valence-electron chi connectivity index (χ0n) is 22.3. The second kappa shape index (κ2) is 10.4. The molecule has 0 aliphatic carbocycles. The number of esters is 1. The third-order valence-corrected chi connectivity index (χ3v) is 6.56. The summed E-state index contributed by atoms with van der Waals surface area (Å²) >= 11 is 0. The number of ether oxygens (including phenoxy) is 3. The molecule has 0 radical (unpaired) electrons. The fraction of sp³-hybridized carbons (Fsp3) is 0.267. The summed E-state index contributed by atoms with van der Waals surface area (Å²) in [6, 6.07) is 15.2. The summed E-state index contributed by atoms with van der Waals surface area (Å²) in [6.45, 7) is 9.74. The van der Waals surface area contributed by atoms with E-state index in [2.05, 4.69) is 10.6 Å². The summed E-state index contributed by atoms with van der Waals surface area (Å²) in [5.41, 5.74) is 6.47. The zero-order valence-corrected chi connectivity index (χ0v) is 22.3. The van der Waals surface area contributed by atoms with E-state index in [9.17, 15) is 9.59 Å². The highest BCUT2D eigenvalue weighted by Gasteiger charge is 2.38. The minimum Gasteiger partial charge on any atom is -0.497 e. The van der Waals surface area contributed by atoms with Gasteiger partial charge in [0.1, 0.15) is 11.5 Å². The molecule has 1 amide bonds. The van der Waals surface area contributed by atoms with Gasteiger partial charge in [0.25, 0.3) is 5.91 Å². The van der Waals surface area contributed by atoms with Crippen LogP contribution in [0.3, 0.4) is 0 Å². The summed E-state index contributed by atoms with van der Waals surface area (Å²) in [6.07, 6.45) is 1.78. The van der Waals surface area contributed by atoms with Gasteiger partial charge < -0.3 is 18.8 Å². The maximum atomic E-state index is 13.8. The Morgan fingerprint density at radius 1 is 0.946 bits per heavy atom. The van der Waals surface area contributed by atoms with E-state index in [0.29, 0.717) is 22.7 Å². The molecule has 1 aliphatic rings. The Morgan fingerprint density at radius 2 is 1.65 bits per heavy atom. The lowest BCUT2D eigenvalue weighted by Gasteiger charge is -2.18. The first kappa shape index (κ1) is 25.8. The highest BCUT2D eigenvalue weighted by molar-refractivity contribution is 6.23. The van der Waals surface area contributed by atoms with Crippen LogP contribution in [0.25, 0.3) is 11.8 Å². The van der Waals surface area contributed by atoms with Crippen molar-refractivity contribution in [3.8, 4) is 17.2 Å². The van der Waals surface area contributed by atoms with Crippen LogP contribution in [0.2, 0.25) is 0 Å². The molecular formula is C30H32N2O5. The van der Waals surface area contributed by atoms with Crippen molar-refractivity contribution in [3.05, 3.63) is 87.9 Å². The molecule has 7 heteroatoms. The molecule has 2 aromatic carbocycles. The Labute approximate surface area is 217 Å². The molecule has 1 aliphatic heterocycles. The number of hydrogen-bond acceptors (Lipinski definition) is 5. The third-order valence-electron chi connectivity index (χ3n) is 6.56. The summed E-state index contributed by atoms with van der Waals surface area (Å²) in [7, 11) is 3.24. The number of carbonyl (C=O) groups excluding carboxylic acids is 2. The van der Waals surface area contributed by atoms with E-state index >= 15 is 0 Å². The van der Waals surface area contributed by atoms with Crippen molar-refractivity contribution >= 4 is 23.6 Å². The average Bonchev–Trinajstić information content (AvgIpc) is 3.30. The van der Waals surface area contributed by atoms with Crippen molar-refractivity contribution in [2.24, 2.45) is 0 Å². The van der Waals surface area contributed by atoms with Crippen molar-refractivity contribution in [2.45, 2.75) is 34.6 Å². The summed E-state index contributed by atoms with van der Waals surface area (Å²) in [5.74, 6) is 0.614. The quantitative estimate of drug-likeness (QED) is 0.308. The van der Waals surface area contributed by atoms with Crippen molar-refractivity contribution in [1.29, 1.82) is 0 Å². The van der Waals surface area contributed by atoms with Crippen LogP contribution < -0.4 is 14.4 Å². The Hall–Kier alpha value is -4.26. The molecule has 0 spiro atoms. The Balaban J connectivity index is 1.85. The van der Waals surface area contributed by atoms with Crippen LogP contribution in [0.15, 0.2) is 65.4 Å². The number of benzene rings is 2. The van der Waals surface area contributed by atoms with E-state index in [-0.39, 0.29) is 18.1 Å². The molecule has 3 aromatic rings. The van der Waals surface area contributed by atoms with Crippen LogP contribution >= 0.6 is 0 Å². The molecule has 1 aromatic heterocycles. The molecule has 0 saturated heterocycles. The highest BCUT2D eigenvalue weighted by atomic mass is 16.5. The van der Waals surface area contributed by atoms with Gasteiger partial charge in [-0.15, -0.1) is 0 Å². The van der Waals surface area contributed by atoms with Gasteiger partial charge in [-0.25, -0.2) is 4.79 Å². The summed E-state index contributed by atoms with van der Waals surface area (Å²) in [4.78, 5) is 28.3. The van der Waals surface area contributed by atoms with E-state index in [4.69, 9.17) is 14.2 Å². The Bertz CT molecular complexity index is 1430. The molecule has 0 saturated carbocycles. The van der Waals surface area contributed by atoms with Gasteiger partial charge in [-0.3, -0.25) is 9.69 Å². The van der Waals surface area contributed by atoms with E-state index in [1.165, 1.54) is 0 Å². The van der Waals surface area contributed by atoms with Gasteiger partial charge in [-0.1, -0.05) is 6.07 Å². The standard InChI is InChI=1S/C30H32N2O5/c1-8-37-30(34)28-21(5)32(23-10-12-24(35-6)13-11-23)29(33)25(28)17-22-16-19(3)31(20(22)4)26-15-18(2)9-14-27(26)36-7/h9-17H,8H2,1-7H3/b25-17-. The van der Waals surface area contributed by atoms with Gasteiger partial charge in [-0.05, 0) is 94.3 Å². The average molecular weight is 501 g/mol. The lowest BCUT2D eigenvalue weighted by atomic mass is 10.0. The minimum atomic E-state index is -0.523. The predicted molar refractivity (Wildman–Crippen MR) is 144 cm³/mol. The molecule has 2 heterocycles. The molecule has 0 unspecified atom stereocenters. The smallest absolute Gasteiger partial charge is 0.340 e. The number of nitrogens with zero attached hydrogens (tertiary/aromatic N) is 2. The van der Waals surface area contributed by atoms with Gasteiger partial charge in [0, 0.05) is 22.8 Å². The molecule has 0 N–H and O–H groups in total. The molecule has 0 bridgehead atoms. The van der Waals surface area contributed by atoms with Gasteiger partial charge in [0.2, 0.25) is 0 Å². The topological polar surface area (TPSA) is 70.0 Å². The monoisotopic (exact) mass is 500 g/mol. The van der Waals surface area contributed by atoms with Gasteiger partial charge in [-0.2, -0.15) is 0 Å². The maximum absolute atomic E-state index is 13.8. The molecule has 7 nitrogen and oxygen atoms in total. The van der Waals surface area contributed by atoms with E-state index in [1.54, 1.807) is 63.3 Å². The number of hydrogen-bond donors (Lipinski definition) is 0. The fourth-order valence-electron chi connectivity index (χ4n) is 4.76. The molecular weight excluding hydrogens is 468 g/mol. The predicted octanol–water partition coefficient (Wildman–Crippen LogP) is 5.69. The van der Waals surface area contributed by atoms with Crippen LogP contribution in [-0.4, -0.2) is 37.3 Å². The number of allylic oxidation sites excluding steroid dienone is 1. The van der Waals surface area contributed by atoms with E-state index < -0.39 is 5.97 Å². The molecule has 0 fully saturated rings. The van der Waals surface area contributed by atoms with Gasteiger partial charge in [0.05, 0.1) is 37.7 Å². The van der Waals surface area contributed by atoms with Crippen LogP contribution in [0, 0.1) is 20.8 Å². The van der Waals surface area contributed by atoms with E-state index in [0.717, 1.165) is 34.0 Å². The second-order valence-corrected chi connectivity index (χ2v) is 8.91. The van der Waals surface area contributed by atoms with Crippen molar-refractivity contribution in [2.75, 3.05) is 25.7 Å². The molecule has 192 valence electrons. The highest BCUT2D eigenvalue weighted by Crippen LogP contribution is 2.37. The first-order valence-corrected chi connectivity index (χ1v) is 12.1. The third kappa shape index (κ3) is 4.65. The summed E-state index contributed by atoms with van der Waals surface area (Å²) in [5, 5.41) is 0. The lowest BCUT2D eigenvalue weighted by Crippen LogP contribution is -2.24. The number of methoxy groups -OCH3 is 2. The maximum Gasteiger partial charge on any atom is 0.340 e. The second-order valence-electron chi connectivity index (χ2n) is 8.91. The Kier molecular flexibility index (Phi) is 7.25. The zero-order chi connectivity index (χ0) is 26.9. The first-order chi connectivity index (χ1) is 17.7. The number of aromatic nitrogens is 1. The SMILES string of the molecule is CCOC(=O)C1=C(C)N(c2ccc(OC)cc2)C(=O)/C1=C\c1cc(C)n(-c2cc(C)ccc2OC)c1C. The largest absolute Gasteiger partial charge is 0.497 e. The van der Waals surface area contributed by atoms with Crippen LogP contribution in [0.5, 0.6) is 11.5 Å². The molecule has 37 heavy (non-hydrogen) atoms. The van der Waals surface area contributed by atoms with Gasteiger partial charge >= 0.3 is 5.97 Å². The van der Waals surface area contributed by atoms with E-state index in [1.807, 2.05) is 39.0 Å². The molecule has 0 atom stereocenters. The number of rotatable bonds is 7.